The molecule has 0 amide bonds. The van der Waals surface area contributed by atoms with Gasteiger partial charge in [0.1, 0.15) is 5.65 Å². The molecule has 4 rings (SSSR count). The van der Waals surface area contributed by atoms with Gasteiger partial charge in [0.15, 0.2) is 8.24 Å². The van der Waals surface area contributed by atoms with E-state index in [-0.39, 0.29) is 5.92 Å². The van der Waals surface area contributed by atoms with E-state index in [0.717, 1.165) is 49.1 Å². The highest BCUT2D eigenvalue weighted by Crippen LogP contribution is 2.45. The van der Waals surface area contributed by atoms with E-state index in [2.05, 4.69) is 93.3 Å². The zero-order chi connectivity index (χ0) is 25.3. The largest absolute Gasteiger partial charge is 0.388 e. The van der Waals surface area contributed by atoms with E-state index in [0.29, 0.717) is 21.6 Å². The third-order valence-corrected chi connectivity index (χ3v) is 15.5. The molecule has 3 heterocycles. The zero-order valence-electron chi connectivity index (χ0n) is 22.2. The van der Waals surface area contributed by atoms with E-state index in [9.17, 15) is 5.11 Å². The van der Waals surface area contributed by atoms with E-state index in [1.165, 1.54) is 5.56 Å². The molecule has 0 bridgehead atoms. The van der Waals surface area contributed by atoms with Gasteiger partial charge in [0, 0.05) is 36.2 Å². The van der Waals surface area contributed by atoms with Crippen molar-refractivity contribution in [1.29, 1.82) is 0 Å². The number of aliphatic hydroxyl groups excluding tert-OH is 1. The van der Waals surface area contributed by atoms with Gasteiger partial charge in [-0.05, 0) is 53.8 Å². The average Bonchev–Trinajstić information content (AvgIpc) is 3.23. The first kappa shape index (κ1) is 26.4. The van der Waals surface area contributed by atoms with Crippen LogP contribution in [0.15, 0.2) is 48.8 Å². The van der Waals surface area contributed by atoms with Crippen molar-refractivity contribution in [3.8, 4) is 0 Å². The Morgan fingerprint density at radius 1 is 1.03 bits per heavy atom. The summed E-state index contributed by atoms with van der Waals surface area (Å²) in [6.45, 7) is 17.1. The number of halogens is 1. The van der Waals surface area contributed by atoms with Crippen molar-refractivity contribution in [2.24, 2.45) is 5.92 Å². The van der Waals surface area contributed by atoms with Crippen molar-refractivity contribution in [3.63, 3.8) is 0 Å². The Morgan fingerprint density at radius 2 is 1.69 bits per heavy atom. The zero-order valence-corrected chi connectivity index (χ0v) is 24.0. The number of hydrogen-bond acceptors (Lipinski definition) is 3. The Hall–Kier alpha value is -1.66. The van der Waals surface area contributed by atoms with Gasteiger partial charge in [-0.3, -0.25) is 4.90 Å². The number of pyridine rings is 1. The van der Waals surface area contributed by atoms with Crippen LogP contribution in [0.5, 0.6) is 0 Å². The van der Waals surface area contributed by atoms with E-state index < -0.39 is 14.3 Å². The normalized spacial score (nSPS) is 18.8. The number of fused-ring (bicyclic) bond motifs is 1. The number of aromatic nitrogens is 2. The third-order valence-electron chi connectivity index (χ3n) is 8.43. The second kappa shape index (κ2) is 10.8. The highest BCUT2D eigenvalue weighted by Gasteiger charge is 2.46. The van der Waals surface area contributed by atoms with Gasteiger partial charge in [-0.15, -0.1) is 0 Å². The Morgan fingerprint density at radius 3 is 2.31 bits per heavy atom. The number of piperidine rings is 1. The first-order valence-electron chi connectivity index (χ1n) is 13.3. The molecule has 1 N–H and O–H groups in total. The summed E-state index contributed by atoms with van der Waals surface area (Å²) in [4.78, 5) is 7.33. The molecule has 0 radical (unpaired) electrons. The summed E-state index contributed by atoms with van der Waals surface area (Å²) in [7, 11) is -1.96. The Labute approximate surface area is 217 Å². The smallest absolute Gasteiger partial charge is 0.171 e. The minimum atomic E-state index is -1.96. The summed E-state index contributed by atoms with van der Waals surface area (Å²) < 4.78 is 2.51. The molecule has 1 aromatic carbocycles. The van der Waals surface area contributed by atoms with Gasteiger partial charge < -0.3 is 9.34 Å². The molecule has 6 heteroatoms. The first-order chi connectivity index (χ1) is 16.7. The van der Waals surface area contributed by atoms with Crippen molar-refractivity contribution < 1.29 is 5.11 Å². The number of hydrogen-bond donors (Lipinski definition) is 1. The van der Waals surface area contributed by atoms with Crippen LogP contribution in [0.3, 0.4) is 0 Å². The topological polar surface area (TPSA) is 41.3 Å². The summed E-state index contributed by atoms with van der Waals surface area (Å²) in [6, 6.07) is 12.8. The van der Waals surface area contributed by atoms with Crippen LogP contribution in [0.2, 0.25) is 21.6 Å². The number of nitrogens with zero attached hydrogens (tertiary/aromatic N) is 3. The summed E-state index contributed by atoms with van der Waals surface area (Å²) in [6.07, 6.45) is 5.50. The maximum Gasteiger partial charge on any atom is 0.171 e. The summed E-state index contributed by atoms with van der Waals surface area (Å²) >= 11 is 6.76. The quantitative estimate of drug-likeness (QED) is 0.315. The number of benzene rings is 1. The molecule has 1 saturated heterocycles. The number of rotatable bonds is 8. The Bertz CT molecular complexity index is 1110. The molecule has 1 aliphatic rings. The van der Waals surface area contributed by atoms with E-state index in [1.54, 1.807) is 6.20 Å². The van der Waals surface area contributed by atoms with Crippen LogP contribution in [-0.2, 0) is 6.54 Å². The van der Waals surface area contributed by atoms with Crippen LogP contribution in [0.1, 0.15) is 71.6 Å². The van der Waals surface area contributed by atoms with Crippen molar-refractivity contribution in [3.05, 3.63) is 64.9 Å². The van der Waals surface area contributed by atoms with Gasteiger partial charge >= 0.3 is 0 Å². The van der Waals surface area contributed by atoms with Gasteiger partial charge in [0.05, 0.1) is 11.1 Å². The van der Waals surface area contributed by atoms with Crippen molar-refractivity contribution in [2.45, 2.75) is 83.7 Å². The molecule has 3 aromatic rings. The summed E-state index contributed by atoms with van der Waals surface area (Å²) in [5.74, 6) is 0.154. The van der Waals surface area contributed by atoms with Gasteiger partial charge in [0.2, 0.25) is 0 Å². The summed E-state index contributed by atoms with van der Waals surface area (Å²) in [5.41, 5.74) is 4.86. The van der Waals surface area contributed by atoms with Crippen LogP contribution in [-0.4, -0.2) is 40.5 Å². The lowest BCUT2D eigenvalue weighted by Crippen LogP contribution is -2.51. The molecule has 1 aliphatic heterocycles. The lowest BCUT2D eigenvalue weighted by molar-refractivity contribution is 0.0485. The molecule has 2 aromatic heterocycles. The fraction of sp³-hybridized carbons (Fsp3) is 0.552. The van der Waals surface area contributed by atoms with E-state index in [1.807, 2.05) is 0 Å². The molecular formula is C29H42ClN3OSi. The molecule has 0 saturated carbocycles. The second-order valence-corrected chi connectivity index (χ2v) is 17.5. The first-order valence-corrected chi connectivity index (χ1v) is 15.8. The van der Waals surface area contributed by atoms with Gasteiger partial charge in [-0.25, -0.2) is 4.98 Å². The SMILES string of the molecule is CC(C)[Si](C(C)C)(C(C)C)n1ccc2c([C@H](O)[C@@H]3CCCN(Cc4ccccc4)C3)c(Cl)cnc21. The molecule has 0 spiro atoms. The van der Waals surface area contributed by atoms with Crippen LogP contribution >= 0.6 is 11.6 Å². The monoisotopic (exact) mass is 511 g/mol. The maximum atomic E-state index is 11.7. The number of likely N-dealkylation sites (tertiary alicyclic amines) is 1. The molecule has 2 atom stereocenters. The predicted molar refractivity (Wildman–Crippen MR) is 151 cm³/mol. The molecule has 4 nitrogen and oxygen atoms in total. The Balaban J connectivity index is 1.69. The summed E-state index contributed by atoms with van der Waals surface area (Å²) in [5, 5.41) is 13.3. The van der Waals surface area contributed by atoms with Crippen LogP contribution < -0.4 is 0 Å². The van der Waals surface area contributed by atoms with Crippen LogP contribution in [0, 0.1) is 5.92 Å². The molecule has 1 fully saturated rings. The van der Waals surface area contributed by atoms with Crippen LogP contribution in [0.25, 0.3) is 11.0 Å². The van der Waals surface area contributed by atoms with Gasteiger partial charge in [-0.1, -0.05) is 83.5 Å². The Kier molecular flexibility index (Phi) is 8.11. The van der Waals surface area contributed by atoms with Crippen molar-refractivity contribution in [1.82, 2.24) is 14.1 Å². The third kappa shape index (κ3) is 4.85. The highest BCUT2D eigenvalue weighted by atomic mass is 35.5. The number of aliphatic hydroxyl groups is 1. The molecule has 0 unspecified atom stereocenters. The van der Waals surface area contributed by atoms with Gasteiger partial charge in [-0.2, -0.15) is 0 Å². The minimum absolute atomic E-state index is 0.154. The lowest BCUT2D eigenvalue weighted by atomic mass is 9.87. The van der Waals surface area contributed by atoms with Gasteiger partial charge in [0.25, 0.3) is 0 Å². The second-order valence-electron chi connectivity index (χ2n) is 11.4. The molecule has 190 valence electrons. The molecule has 0 aliphatic carbocycles. The van der Waals surface area contributed by atoms with E-state index in [4.69, 9.17) is 16.6 Å². The minimum Gasteiger partial charge on any atom is -0.388 e. The molecular weight excluding hydrogens is 470 g/mol. The predicted octanol–water partition coefficient (Wildman–Crippen LogP) is 7.66. The van der Waals surface area contributed by atoms with Crippen molar-refractivity contribution >= 4 is 30.9 Å². The fourth-order valence-corrected chi connectivity index (χ4v) is 13.9. The average molecular weight is 512 g/mol. The van der Waals surface area contributed by atoms with E-state index >= 15 is 0 Å². The fourth-order valence-electron chi connectivity index (χ4n) is 7.10. The van der Waals surface area contributed by atoms with Crippen molar-refractivity contribution in [2.75, 3.05) is 13.1 Å². The molecule has 35 heavy (non-hydrogen) atoms. The lowest BCUT2D eigenvalue weighted by Gasteiger charge is -2.44. The van der Waals surface area contributed by atoms with Crippen LogP contribution in [0.4, 0.5) is 0 Å². The highest BCUT2D eigenvalue weighted by molar-refractivity contribution is 6.82. The standard InChI is InChI=1S/C29H42ClN3OSi/c1-20(2)35(21(3)4,22(5)6)33-16-14-25-27(26(30)17-31-29(25)33)28(34)24-13-10-15-32(19-24)18-23-11-8-7-9-12-23/h7-9,11-12,14,16-17,20-22,24,28,34H,10,13,15,18-19H2,1-6H3/t24-,28-/m1/s1. The maximum absolute atomic E-state index is 11.7.